The Hall–Kier alpha value is -3.15. The lowest BCUT2D eigenvalue weighted by Gasteiger charge is -2.09. The number of rotatable bonds is 8. The fourth-order valence-corrected chi connectivity index (χ4v) is 4.44. The van der Waals surface area contributed by atoms with Gasteiger partial charge >= 0.3 is 0 Å². The molecule has 3 rings (SSSR count). The van der Waals surface area contributed by atoms with Crippen LogP contribution in [0.15, 0.2) is 83.8 Å². The second kappa shape index (κ2) is 11.5. The van der Waals surface area contributed by atoms with Crippen LogP contribution < -0.4 is 15.8 Å². The summed E-state index contributed by atoms with van der Waals surface area (Å²) in [5, 5.41) is 5.56. The molecule has 3 aromatic carbocycles. The van der Waals surface area contributed by atoms with Gasteiger partial charge in [-0.2, -0.15) is 0 Å². The van der Waals surface area contributed by atoms with E-state index in [1.165, 1.54) is 6.26 Å². The molecular formula is C29H30ClNO3S. The Balaban J connectivity index is 1.97. The van der Waals surface area contributed by atoms with E-state index in [2.05, 4.69) is 24.9 Å². The number of amides is 1. The largest absolute Gasteiger partial charge is 0.348 e. The molecule has 0 saturated carbocycles. The first-order chi connectivity index (χ1) is 16.6. The number of nitrogens with one attached hydrogen (secondary N) is 1. The number of benzene rings is 3. The molecule has 182 valence electrons. The summed E-state index contributed by atoms with van der Waals surface area (Å²) in [6.07, 6.45) is 4.98. The van der Waals surface area contributed by atoms with E-state index in [0.717, 1.165) is 40.0 Å². The van der Waals surface area contributed by atoms with Crippen LogP contribution in [0.1, 0.15) is 48.2 Å². The number of hydrogen-bond donors (Lipinski definition) is 1. The number of carbonyl (C=O) groups is 1. The fourth-order valence-electron chi connectivity index (χ4n) is 3.62. The van der Waals surface area contributed by atoms with Crippen molar-refractivity contribution in [2.45, 2.75) is 38.1 Å². The number of halogens is 1. The van der Waals surface area contributed by atoms with Crippen LogP contribution in [-0.4, -0.2) is 20.6 Å². The molecule has 0 spiro atoms. The number of carbonyl (C=O) groups excluding carboxylic acids is 1. The van der Waals surface area contributed by atoms with Crippen molar-refractivity contribution < 1.29 is 13.2 Å². The van der Waals surface area contributed by atoms with Gasteiger partial charge in [0.25, 0.3) is 5.91 Å². The summed E-state index contributed by atoms with van der Waals surface area (Å²) in [7, 11) is -3.31. The van der Waals surface area contributed by atoms with Crippen molar-refractivity contribution >= 4 is 39.0 Å². The summed E-state index contributed by atoms with van der Waals surface area (Å²) >= 11 is 6.07. The van der Waals surface area contributed by atoms with Crippen LogP contribution in [0.4, 0.5) is 0 Å². The maximum atomic E-state index is 13.0. The number of sulfone groups is 1. The lowest BCUT2D eigenvalue weighted by molar-refractivity contribution is 0.0951. The monoisotopic (exact) mass is 507 g/mol. The molecule has 3 aromatic rings. The zero-order chi connectivity index (χ0) is 25.6. The van der Waals surface area contributed by atoms with Gasteiger partial charge in [0, 0.05) is 23.4 Å². The molecule has 0 aliphatic rings. The quantitative estimate of drug-likeness (QED) is 0.435. The van der Waals surface area contributed by atoms with E-state index < -0.39 is 9.84 Å². The first kappa shape index (κ1) is 26.5. The molecule has 0 aromatic heterocycles. The van der Waals surface area contributed by atoms with E-state index in [4.69, 9.17) is 11.6 Å². The van der Waals surface area contributed by atoms with Crippen LogP contribution in [-0.2, 0) is 16.4 Å². The minimum Gasteiger partial charge on any atom is -0.348 e. The standard InChI is InChI=1S/C29H30ClNO3S/c1-5-20(2)9-10-24-11-12-25(18-28(24)21(3)23-13-15-26(30)16-14-23)29(32)31-19-22-7-6-8-27(17-22)35(4,33)34/h6-8,10-18H,2,5,9,19H2,1,3-4H3,(H,31,32). The summed E-state index contributed by atoms with van der Waals surface area (Å²) < 4.78 is 23.6. The Labute approximate surface area is 212 Å². The van der Waals surface area contributed by atoms with Crippen LogP contribution in [0.2, 0.25) is 5.02 Å². The minimum absolute atomic E-state index is 0.224. The second-order valence-corrected chi connectivity index (χ2v) is 11.0. The predicted octanol–water partition coefficient (Wildman–Crippen LogP) is 5.03. The van der Waals surface area contributed by atoms with Gasteiger partial charge in [-0.25, -0.2) is 8.42 Å². The zero-order valence-corrected chi connectivity index (χ0v) is 21.8. The maximum absolute atomic E-state index is 13.0. The van der Waals surface area contributed by atoms with Crippen molar-refractivity contribution in [1.82, 2.24) is 5.32 Å². The van der Waals surface area contributed by atoms with Gasteiger partial charge in [-0.15, -0.1) is 0 Å². The van der Waals surface area contributed by atoms with Crippen molar-refractivity contribution in [1.29, 1.82) is 0 Å². The molecule has 0 radical (unpaired) electrons. The highest BCUT2D eigenvalue weighted by atomic mass is 35.5. The lowest BCUT2D eigenvalue weighted by atomic mass is 10.0. The van der Waals surface area contributed by atoms with Gasteiger partial charge < -0.3 is 5.32 Å². The normalized spacial score (nSPS) is 12.9. The van der Waals surface area contributed by atoms with E-state index in [9.17, 15) is 13.2 Å². The summed E-state index contributed by atoms with van der Waals surface area (Å²) in [6.45, 7) is 8.44. The Morgan fingerprint density at radius 2 is 1.71 bits per heavy atom. The van der Waals surface area contributed by atoms with Crippen molar-refractivity contribution in [2.24, 2.45) is 0 Å². The van der Waals surface area contributed by atoms with E-state index in [1.807, 2.05) is 43.3 Å². The first-order valence-corrected chi connectivity index (χ1v) is 13.7. The Kier molecular flexibility index (Phi) is 8.71. The molecule has 1 amide bonds. The molecule has 6 heteroatoms. The average molecular weight is 508 g/mol. The molecule has 1 N–H and O–H groups in total. The first-order valence-electron chi connectivity index (χ1n) is 11.4. The molecule has 0 fully saturated rings. The van der Waals surface area contributed by atoms with Gasteiger partial charge in [0.15, 0.2) is 9.84 Å². The summed E-state index contributed by atoms with van der Waals surface area (Å²) in [4.78, 5) is 13.2. The van der Waals surface area contributed by atoms with Crippen LogP contribution >= 0.6 is 11.6 Å². The molecule has 4 nitrogen and oxygen atoms in total. The number of allylic oxidation sites excluding steroid dienone is 1. The molecule has 0 aliphatic carbocycles. The van der Waals surface area contributed by atoms with Gasteiger partial charge in [0.2, 0.25) is 0 Å². The second-order valence-electron chi connectivity index (χ2n) is 8.55. The molecule has 0 bridgehead atoms. The fraction of sp³-hybridized carbons (Fsp3) is 0.207. The highest BCUT2D eigenvalue weighted by Gasteiger charge is 2.10. The molecule has 0 atom stereocenters. The van der Waals surface area contributed by atoms with E-state index in [-0.39, 0.29) is 17.3 Å². The Morgan fingerprint density at radius 1 is 1.03 bits per heavy atom. The van der Waals surface area contributed by atoms with Crippen molar-refractivity contribution in [3.63, 3.8) is 0 Å². The average Bonchev–Trinajstić information content (AvgIpc) is 2.85. The summed E-state index contributed by atoms with van der Waals surface area (Å²) in [5.41, 5.74) is 4.43. The molecular weight excluding hydrogens is 478 g/mol. The minimum atomic E-state index is -3.31. The van der Waals surface area contributed by atoms with Gasteiger partial charge in [-0.1, -0.05) is 67.1 Å². The van der Waals surface area contributed by atoms with Gasteiger partial charge in [-0.3, -0.25) is 4.79 Å². The molecule has 0 aliphatic heterocycles. The molecule has 0 heterocycles. The van der Waals surface area contributed by atoms with Gasteiger partial charge in [0.05, 0.1) is 4.90 Å². The van der Waals surface area contributed by atoms with E-state index in [1.54, 1.807) is 30.3 Å². The number of hydrogen-bond acceptors (Lipinski definition) is 3. The van der Waals surface area contributed by atoms with Crippen LogP contribution in [0.5, 0.6) is 0 Å². The van der Waals surface area contributed by atoms with Gasteiger partial charge in [-0.05, 0) is 83.3 Å². The molecule has 0 saturated heterocycles. The lowest BCUT2D eigenvalue weighted by Crippen LogP contribution is -2.31. The Morgan fingerprint density at radius 3 is 2.37 bits per heavy atom. The van der Waals surface area contributed by atoms with E-state index in [0.29, 0.717) is 16.1 Å². The predicted molar refractivity (Wildman–Crippen MR) is 145 cm³/mol. The third-order valence-corrected chi connectivity index (χ3v) is 7.25. The highest BCUT2D eigenvalue weighted by Crippen LogP contribution is 2.15. The van der Waals surface area contributed by atoms with Gasteiger partial charge in [0.1, 0.15) is 0 Å². The van der Waals surface area contributed by atoms with Crippen LogP contribution in [0.3, 0.4) is 0 Å². The Bertz CT molecular complexity index is 1470. The van der Waals surface area contributed by atoms with Crippen molar-refractivity contribution in [3.8, 4) is 0 Å². The van der Waals surface area contributed by atoms with Crippen LogP contribution in [0.25, 0.3) is 11.6 Å². The topological polar surface area (TPSA) is 63.2 Å². The zero-order valence-electron chi connectivity index (χ0n) is 20.3. The smallest absolute Gasteiger partial charge is 0.251 e. The summed E-state index contributed by atoms with van der Waals surface area (Å²) in [6, 6.07) is 19.9. The van der Waals surface area contributed by atoms with Crippen LogP contribution in [0, 0.1) is 0 Å². The molecule has 0 unspecified atom stereocenters. The van der Waals surface area contributed by atoms with Crippen molar-refractivity contribution in [2.75, 3.05) is 6.26 Å². The SMILES string of the molecule is C=C(CC)CC=c1ccc(C(=O)NCc2cccc(S(C)(=O)=O)c2)cc1=C(C)c1ccc(Cl)cc1. The third kappa shape index (κ3) is 7.17. The van der Waals surface area contributed by atoms with Crippen molar-refractivity contribution in [3.05, 3.63) is 111 Å². The third-order valence-electron chi connectivity index (χ3n) is 5.89. The maximum Gasteiger partial charge on any atom is 0.251 e. The summed E-state index contributed by atoms with van der Waals surface area (Å²) in [5.74, 6) is -0.232. The highest BCUT2D eigenvalue weighted by molar-refractivity contribution is 7.90. The van der Waals surface area contributed by atoms with E-state index >= 15 is 0 Å². The molecule has 35 heavy (non-hydrogen) atoms.